The molecule has 0 aliphatic carbocycles. The molecule has 2 amide bonds. The molecule has 7 heteroatoms. The minimum absolute atomic E-state index is 0.111. The smallest absolute Gasteiger partial charge is 0.292 e. The molecule has 2 aromatic carbocycles. The Bertz CT molecular complexity index is 861. The van der Waals surface area contributed by atoms with E-state index in [1.54, 1.807) is 31.4 Å². The number of quaternary nitrogens is 1. The molecule has 0 spiro atoms. The fourth-order valence-corrected chi connectivity index (χ4v) is 4.13. The molecule has 0 radical (unpaired) electrons. The standard InChI is InChI=1S/C21H22ClN3O3/c1-28-18-8-6-16(7-9-18)23-10-12-24(13-11-23)19-14-20(26)25(21(19)27)17-4-2-15(22)3-5-17/h2-9,19H,10-14H2,1H3/p+1/t19-/m0/s1. The third-order valence-corrected chi connectivity index (χ3v) is 5.82. The van der Waals surface area contributed by atoms with Crippen LogP contribution in [0.3, 0.4) is 0 Å². The molecule has 6 nitrogen and oxygen atoms in total. The zero-order valence-electron chi connectivity index (χ0n) is 15.7. The first kappa shape index (κ1) is 18.8. The predicted molar refractivity (Wildman–Crippen MR) is 108 cm³/mol. The number of amides is 2. The molecule has 0 saturated carbocycles. The Morgan fingerprint density at radius 2 is 1.57 bits per heavy atom. The predicted octanol–water partition coefficient (Wildman–Crippen LogP) is 1.39. The average Bonchev–Trinajstić information content (AvgIpc) is 3.03. The van der Waals surface area contributed by atoms with Gasteiger partial charge in [0.15, 0.2) is 6.04 Å². The second-order valence-electron chi connectivity index (χ2n) is 7.14. The van der Waals surface area contributed by atoms with Crippen molar-refractivity contribution in [3.05, 3.63) is 53.6 Å². The van der Waals surface area contributed by atoms with Crippen LogP contribution in [0.25, 0.3) is 0 Å². The quantitative estimate of drug-likeness (QED) is 0.788. The van der Waals surface area contributed by atoms with Crippen molar-refractivity contribution in [2.75, 3.05) is 43.1 Å². The zero-order chi connectivity index (χ0) is 19.7. The molecule has 0 bridgehead atoms. The molecule has 2 aliphatic rings. The summed E-state index contributed by atoms with van der Waals surface area (Å²) >= 11 is 5.92. The average molecular weight is 401 g/mol. The van der Waals surface area contributed by atoms with Gasteiger partial charge in [-0.1, -0.05) is 11.6 Å². The first-order valence-corrected chi connectivity index (χ1v) is 9.80. The Kier molecular flexibility index (Phi) is 5.24. The van der Waals surface area contributed by atoms with Gasteiger partial charge in [0, 0.05) is 10.7 Å². The first-order chi connectivity index (χ1) is 13.6. The van der Waals surface area contributed by atoms with Gasteiger partial charge >= 0.3 is 0 Å². The van der Waals surface area contributed by atoms with Crippen molar-refractivity contribution >= 4 is 34.8 Å². The summed E-state index contributed by atoms with van der Waals surface area (Å²) in [5, 5.41) is 0.583. The summed E-state index contributed by atoms with van der Waals surface area (Å²) in [5.74, 6) is 0.591. The van der Waals surface area contributed by atoms with E-state index in [1.807, 2.05) is 12.1 Å². The summed E-state index contributed by atoms with van der Waals surface area (Å²) in [5.41, 5.74) is 1.75. The van der Waals surface area contributed by atoms with Crippen molar-refractivity contribution in [3.8, 4) is 5.75 Å². The molecule has 2 aliphatic heterocycles. The molecule has 2 fully saturated rings. The number of ether oxygens (including phenoxy) is 1. The highest BCUT2D eigenvalue weighted by Gasteiger charge is 2.46. The van der Waals surface area contributed by atoms with E-state index < -0.39 is 0 Å². The molecule has 146 valence electrons. The van der Waals surface area contributed by atoms with Gasteiger partial charge in [0.05, 0.1) is 45.4 Å². The highest BCUT2D eigenvalue weighted by atomic mass is 35.5. The third-order valence-electron chi connectivity index (χ3n) is 5.57. The van der Waals surface area contributed by atoms with Crippen LogP contribution in [0.5, 0.6) is 5.75 Å². The van der Waals surface area contributed by atoms with Crippen molar-refractivity contribution in [3.63, 3.8) is 0 Å². The minimum Gasteiger partial charge on any atom is -0.497 e. The van der Waals surface area contributed by atoms with E-state index in [1.165, 1.54) is 9.80 Å². The van der Waals surface area contributed by atoms with E-state index in [2.05, 4.69) is 17.0 Å². The fourth-order valence-electron chi connectivity index (χ4n) is 4.01. The van der Waals surface area contributed by atoms with Gasteiger partial charge < -0.3 is 14.5 Å². The number of carbonyl (C=O) groups is 2. The van der Waals surface area contributed by atoms with Gasteiger partial charge in [0.25, 0.3) is 5.91 Å². The van der Waals surface area contributed by atoms with Gasteiger partial charge in [-0.3, -0.25) is 9.59 Å². The van der Waals surface area contributed by atoms with E-state index in [4.69, 9.17) is 16.3 Å². The first-order valence-electron chi connectivity index (χ1n) is 9.43. The Morgan fingerprint density at radius 3 is 2.18 bits per heavy atom. The van der Waals surface area contributed by atoms with Crippen LogP contribution >= 0.6 is 11.6 Å². The number of hydrogen-bond donors (Lipinski definition) is 1. The van der Waals surface area contributed by atoms with Crippen LogP contribution in [0.1, 0.15) is 6.42 Å². The molecular formula is C21H23ClN3O3+. The summed E-state index contributed by atoms with van der Waals surface area (Å²) in [4.78, 5) is 30.2. The van der Waals surface area contributed by atoms with Crippen LogP contribution in [-0.2, 0) is 9.59 Å². The number of carbonyl (C=O) groups excluding carboxylic acids is 2. The molecule has 2 saturated heterocycles. The molecule has 4 rings (SSSR count). The molecule has 28 heavy (non-hydrogen) atoms. The van der Waals surface area contributed by atoms with E-state index >= 15 is 0 Å². The minimum atomic E-state index is -0.304. The third kappa shape index (κ3) is 3.57. The SMILES string of the molecule is COc1ccc(N2CC[NH+]([C@H]3CC(=O)N(c4ccc(Cl)cc4)C3=O)CC2)cc1. The molecule has 1 atom stereocenters. The molecular weight excluding hydrogens is 378 g/mol. The summed E-state index contributed by atoms with van der Waals surface area (Å²) in [7, 11) is 1.66. The van der Waals surface area contributed by atoms with Crippen molar-refractivity contribution in [2.24, 2.45) is 0 Å². The van der Waals surface area contributed by atoms with Crippen molar-refractivity contribution < 1.29 is 19.2 Å². The van der Waals surface area contributed by atoms with Crippen LogP contribution in [0.4, 0.5) is 11.4 Å². The molecule has 0 aromatic heterocycles. The number of hydrogen-bond acceptors (Lipinski definition) is 4. The summed E-state index contributed by atoms with van der Waals surface area (Å²) in [6, 6.07) is 14.6. The Hall–Kier alpha value is -2.57. The number of piperazine rings is 1. The van der Waals surface area contributed by atoms with E-state index in [9.17, 15) is 9.59 Å². The van der Waals surface area contributed by atoms with E-state index in [0.29, 0.717) is 10.7 Å². The van der Waals surface area contributed by atoms with Crippen LogP contribution < -0.4 is 19.4 Å². The Balaban J connectivity index is 1.41. The number of benzene rings is 2. The van der Waals surface area contributed by atoms with E-state index in [-0.39, 0.29) is 24.3 Å². The van der Waals surface area contributed by atoms with Gasteiger partial charge in [-0.25, -0.2) is 4.90 Å². The van der Waals surface area contributed by atoms with Gasteiger partial charge in [0.1, 0.15) is 5.75 Å². The van der Waals surface area contributed by atoms with Crippen LogP contribution in [0.2, 0.25) is 5.02 Å². The lowest BCUT2D eigenvalue weighted by atomic mass is 10.1. The molecule has 2 heterocycles. The normalized spacial score (nSPS) is 20.7. The highest BCUT2D eigenvalue weighted by Crippen LogP contribution is 2.24. The van der Waals surface area contributed by atoms with Crippen LogP contribution in [-0.4, -0.2) is 51.1 Å². The second kappa shape index (κ2) is 7.81. The van der Waals surface area contributed by atoms with Crippen molar-refractivity contribution in [2.45, 2.75) is 12.5 Å². The van der Waals surface area contributed by atoms with Crippen LogP contribution in [0.15, 0.2) is 48.5 Å². The molecule has 2 aromatic rings. The van der Waals surface area contributed by atoms with Crippen molar-refractivity contribution in [1.29, 1.82) is 0 Å². The lowest BCUT2D eigenvalue weighted by molar-refractivity contribution is -0.915. The van der Waals surface area contributed by atoms with Gasteiger partial charge in [-0.2, -0.15) is 0 Å². The number of nitrogens with one attached hydrogen (secondary N) is 1. The lowest BCUT2D eigenvalue weighted by Gasteiger charge is -2.35. The topological polar surface area (TPSA) is 54.3 Å². The van der Waals surface area contributed by atoms with Crippen molar-refractivity contribution in [1.82, 2.24) is 0 Å². The second-order valence-corrected chi connectivity index (χ2v) is 7.58. The van der Waals surface area contributed by atoms with Gasteiger partial charge in [-0.05, 0) is 48.5 Å². The summed E-state index contributed by atoms with van der Waals surface area (Å²) in [6.45, 7) is 3.34. The largest absolute Gasteiger partial charge is 0.497 e. The monoisotopic (exact) mass is 400 g/mol. The van der Waals surface area contributed by atoms with Gasteiger partial charge in [-0.15, -0.1) is 0 Å². The fraction of sp³-hybridized carbons (Fsp3) is 0.333. The zero-order valence-corrected chi connectivity index (χ0v) is 16.5. The van der Waals surface area contributed by atoms with Gasteiger partial charge in [0.2, 0.25) is 5.91 Å². The number of methoxy groups -OCH3 is 1. The summed E-state index contributed by atoms with van der Waals surface area (Å²) < 4.78 is 5.21. The maximum absolute atomic E-state index is 12.9. The number of imide groups is 1. The Morgan fingerprint density at radius 1 is 0.964 bits per heavy atom. The number of halogens is 1. The highest BCUT2D eigenvalue weighted by molar-refractivity contribution is 6.30. The Labute approximate surface area is 169 Å². The number of rotatable bonds is 4. The maximum Gasteiger partial charge on any atom is 0.292 e. The van der Waals surface area contributed by atoms with E-state index in [0.717, 1.165) is 37.6 Å². The maximum atomic E-state index is 12.9. The molecule has 1 N–H and O–H groups in total. The number of anilines is 2. The molecule has 0 unspecified atom stereocenters. The number of nitrogens with zero attached hydrogens (tertiary/aromatic N) is 2. The lowest BCUT2D eigenvalue weighted by Crippen LogP contribution is -3.19. The summed E-state index contributed by atoms with van der Waals surface area (Å²) in [6.07, 6.45) is 0.263. The van der Waals surface area contributed by atoms with Crippen LogP contribution in [0, 0.1) is 0 Å².